The van der Waals surface area contributed by atoms with E-state index in [2.05, 4.69) is 27.0 Å². The van der Waals surface area contributed by atoms with Gasteiger partial charge < -0.3 is 10.6 Å². The van der Waals surface area contributed by atoms with Gasteiger partial charge in [0.05, 0.1) is 11.4 Å². The topological polar surface area (TPSA) is 71.8 Å². The molecule has 1 aliphatic rings. The second kappa shape index (κ2) is 8.99. The van der Waals surface area contributed by atoms with Crippen molar-refractivity contribution in [1.29, 1.82) is 0 Å². The maximum atomic E-state index is 12.5. The molecule has 0 unspecified atom stereocenters. The molecule has 0 atom stereocenters. The number of carbonyl (C=O) groups is 1. The van der Waals surface area contributed by atoms with E-state index in [0.717, 1.165) is 30.9 Å². The zero-order chi connectivity index (χ0) is 16.9. The summed E-state index contributed by atoms with van der Waals surface area (Å²) in [6.07, 6.45) is 3.72. The fourth-order valence-electron chi connectivity index (χ4n) is 2.72. The monoisotopic (exact) mass is 381 g/mol. The van der Waals surface area contributed by atoms with Crippen LogP contribution in [0, 0.1) is 0 Å². The van der Waals surface area contributed by atoms with Crippen LogP contribution in [0.2, 0.25) is 5.02 Å². The van der Waals surface area contributed by atoms with Crippen LogP contribution in [0.4, 0.5) is 0 Å². The minimum absolute atomic E-state index is 0. The SMILES string of the molecule is CCc1c(C(=O)NCC2=CCNCC2)nnn1-c1cccc(Cl)c1.Cl. The molecule has 2 heterocycles. The minimum atomic E-state index is -0.195. The number of nitrogens with one attached hydrogen (secondary N) is 2. The second-order valence-electron chi connectivity index (χ2n) is 5.63. The van der Waals surface area contributed by atoms with Crippen molar-refractivity contribution in [2.45, 2.75) is 19.8 Å². The molecule has 3 rings (SSSR count). The van der Waals surface area contributed by atoms with Gasteiger partial charge in [-0.05, 0) is 37.6 Å². The highest BCUT2D eigenvalue weighted by Gasteiger charge is 2.19. The number of halogens is 2. The first-order valence-electron chi connectivity index (χ1n) is 8.06. The van der Waals surface area contributed by atoms with Gasteiger partial charge in [-0.2, -0.15) is 0 Å². The quantitative estimate of drug-likeness (QED) is 0.780. The average Bonchev–Trinajstić information content (AvgIpc) is 3.04. The van der Waals surface area contributed by atoms with Crippen molar-refractivity contribution < 1.29 is 4.79 Å². The van der Waals surface area contributed by atoms with Crippen LogP contribution in [0.25, 0.3) is 5.69 Å². The Balaban J connectivity index is 0.00000225. The lowest BCUT2D eigenvalue weighted by Crippen LogP contribution is -2.30. The molecule has 2 aromatic rings. The van der Waals surface area contributed by atoms with E-state index in [9.17, 15) is 4.79 Å². The number of rotatable bonds is 5. The van der Waals surface area contributed by atoms with Crippen LogP contribution in [0.5, 0.6) is 0 Å². The van der Waals surface area contributed by atoms with E-state index >= 15 is 0 Å². The summed E-state index contributed by atoms with van der Waals surface area (Å²) in [7, 11) is 0. The first-order chi connectivity index (χ1) is 11.7. The number of amides is 1. The van der Waals surface area contributed by atoms with Gasteiger partial charge in [0, 0.05) is 18.1 Å². The van der Waals surface area contributed by atoms with E-state index in [1.165, 1.54) is 5.57 Å². The number of carbonyl (C=O) groups excluding carboxylic acids is 1. The Morgan fingerprint density at radius 2 is 2.28 bits per heavy atom. The lowest BCUT2D eigenvalue weighted by atomic mass is 10.1. The zero-order valence-electron chi connectivity index (χ0n) is 14.0. The number of nitrogens with zero attached hydrogens (tertiary/aromatic N) is 3. The third kappa shape index (κ3) is 4.60. The normalized spacial score (nSPS) is 13.8. The van der Waals surface area contributed by atoms with Gasteiger partial charge in [0.25, 0.3) is 5.91 Å². The van der Waals surface area contributed by atoms with E-state index < -0.39 is 0 Å². The molecule has 0 radical (unpaired) electrons. The van der Waals surface area contributed by atoms with E-state index in [-0.39, 0.29) is 18.3 Å². The van der Waals surface area contributed by atoms with Crippen LogP contribution in [-0.2, 0) is 6.42 Å². The molecule has 6 nitrogen and oxygen atoms in total. The van der Waals surface area contributed by atoms with Crippen molar-refractivity contribution in [2.24, 2.45) is 0 Å². The molecule has 8 heteroatoms. The van der Waals surface area contributed by atoms with E-state index in [1.54, 1.807) is 16.8 Å². The molecule has 0 spiro atoms. The number of hydrogen-bond acceptors (Lipinski definition) is 4. The summed E-state index contributed by atoms with van der Waals surface area (Å²) in [6, 6.07) is 7.34. The lowest BCUT2D eigenvalue weighted by molar-refractivity contribution is 0.0950. The first kappa shape index (κ1) is 19.4. The smallest absolute Gasteiger partial charge is 0.274 e. The van der Waals surface area contributed by atoms with Gasteiger partial charge in [-0.1, -0.05) is 41.5 Å². The predicted octanol–water partition coefficient (Wildman–Crippen LogP) is 2.55. The second-order valence-corrected chi connectivity index (χ2v) is 6.07. The fourth-order valence-corrected chi connectivity index (χ4v) is 2.90. The highest BCUT2D eigenvalue weighted by atomic mass is 35.5. The van der Waals surface area contributed by atoms with Gasteiger partial charge in [0.15, 0.2) is 5.69 Å². The number of aromatic nitrogens is 3. The molecule has 0 fully saturated rings. The van der Waals surface area contributed by atoms with Crippen LogP contribution >= 0.6 is 24.0 Å². The fraction of sp³-hybridized carbons (Fsp3) is 0.353. The molecule has 25 heavy (non-hydrogen) atoms. The van der Waals surface area contributed by atoms with Crippen LogP contribution in [0.1, 0.15) is 29.5 Å². The summed E-state index contributed by atoms with van der Waals surface area (Å²) in [4.78, 5) is 12.5. The van der Waals surface area contributed by atoms with E-state index in [4.69, 9.17) is 11.6 Å². The molecule has 0 aliphatic carbocycles. The van der Waals surface area contributed by atoms with Gasteiger partial charge in [-0.25, -0.2) is 4.68 Å². The molecular formula is C17H21Cl2N5O. The number of benzene rings is 1. The van der Waals surface area contributed by atoms with Crippen LogP contribution in [-0.4, -0.2) is 40.5 Å². The number of hydrogen-bond donors (Lipinski definition) is 2. The predicted molar refractivity (Wildman–Crippen MR) is 101 cm³/mol. The summed E-state index contributed by atoms with van der Waals surface area (Å²) in [5, 5.41) is 15.0. The molecular weight excluding hydrogens is 361 g/mol. The first-order valence-corrected chi connectivity index (χ1v) is 8.44. The van der Waals surface area contributed by atoms with Gasteiger partial charge in [-0.3, -0.25) is 4.79 Å². The molecule has 0 bridgehead atoms. The summed E-state index contributed by atoms with van der Waals surface area (Å²) in [5.41, 5.74) is 3.18. The maximum Gasteiger partial charge on any atom is 0.274 e. The van der Waals surface area contributed by atoms with E-state index in [0.29, 0.717) is 23.7 Å². The summed E-state index contributed by atoms with van der Waals surface area (Å²) < 4.78 is 1.67. The Kier molecular flexibility index (Phi) is 6.99. The lowest BCUT2D eigenvalue weighted by Gasteiger charge is -2.14. The summed E-state index contributed by atoms with van der Waals surface area (Å²) >= 11 is 6.04. The largest absolute Gasteiger partial charge is 0.347 e. The van der Waals surface area contributed by atoms with Crippen LogP contribution in [0.3, 0.4) is 0 Å². The van der Waals surface area contributed by atoms with Crippen LogP contribution < -0.4 is 10.6 Å². The molecule has 1 aliphatic heterocycles. The Hall–Kier alpha value is -1.89. The summed E-state index contributed by atoms with van der Waals surface area (Å²) in [5.74, 6) is -0.195. The molecule has 0 saturated heterocycles. The van der Waals surface area contributed by atoms with Crippen molar-refractivity contribution in [3.63, 3.8) is 0 Å². The highest BCUT2D eigenvalue weighted by Crippen LogP contribution is 2.18. The molecule has 134 valence electrons. The molecule has 2 N–H and O–H groups in total. The Bertz CT molecular complexity index is 772. The third-order valence-electron chi connectivity index (χ3n) is 4.00. The molecule has 0 saturated carbocycles. The molecule has 1 amide bonds. The zero-order valence-corrected chi connectivity index (χ0v) is 15.5. The molecule has 1 aromatic carbocycles. The molecule has 1 aromatic heterocycles. The van der Waals surface area contributed by atoms with Crippen molar-refractivity contribution in [3.05, 3.63) is 52.3 Å². The highest BCUT2D eigenvalue weighted by molar-refractivity contribution is 6.30. The Morgan fingerprint density at radius 1 is 1.44 bits per heavy atom. The maximum absolute atomic E-state index is 12.5. The van der Waals surface area contributed by atoms with Gasteiger partial charge >= 0.3 is 0 Å². The van der Waals surface area contributed by atoms with Crippen molar-refractivity contribution in [2.75, 3.05) is 19.6 Å². The van der Waals surface area contributed by atoms with E-state index in [1.807, 2.05) is 19.1 Å². The van der Waals surface area contributed by atoms with Crippen LogP contribution in [0.15, 0.2) is 35.9 Å². The summed E-state index contributed by atoms with van der Waals surface area (Å²) in [6.45, 7) is 4.34. The van der Waals surface area contributed by atoms with Gasteiger partial charge in [0.1, 0.15) is 0 Å². The minimum Gasteiger partial charge on any atom is -0.347 e. The Morgan fingerprint density at radius 3 is 2.96 bits per heavy atom. The van der Waals surface area contributed by atoms with Crippen molar-refractivity contribution in [1.82, 2.24) is 25.6 Å². The third-order valence-corrected chi connectivity index (χ3v) is 4.23. The van der Waals surface area contributed by atoms with Gasteiger partial charge in [0.2, 0.25) is 0 Å². The standard InChI is InChI=1S/C17H20ClN5O.ClH/c1-2-15-16(17(24)20-11-12-6-8-19-9-7-12)21-22-23(15)14-5-3-4-13(18)10-14;/h3-6,10,19H,2,7-9,11H2,1H3,(H,20,24);1H. The van der Waals surface area contributed by atoms with Crippen molar-refractivity contribution in [3.8, 4) is 5.69 Å². The van der Waals surface area contributed by atoms with Crippen molar-refractivity contribution >= 4 is 29.9 Å². The average molecular weight is 382 g/mol. The van der Waals surface area contributed by atoms with Gasteiger partial charge in [-0.15, -0.1) is 17.5 Å². The Labute approximate surface area is 158 Å².